The van der Waals surface area contributed by atoms with Crippen LogP contribution in [0.1, 0.15) is 53.2 Å². The first-order valence-electron chi connectivity index (χ1n) is 10.5. The summed E-state index contributed by atoms with van der Waals surface area (Å²) in [6, 6.07) is 15.5. The number of hydrogen-bond donors (Lipinski definition) is 1. The summed E-state index contributed by atoms with van der Waals surface area (Å²) < 4.78 is 7.53. The lowest BCUT2D eigenvalue weighted by Crippen LogP contribution is -2.35. The number of nitrogens with zero attached hydrogens (tertiary/aromatic N) is 3. The highest BCUT2D eigenvalue weighted by Gasteiger charge is 2.43. The lowest BCUT2D eigenvalue weighted by molar-refractivity contribution is -0.142. The van der Waals surface area contributed by atoms with Crippen molar-refractivity contribution >= 4 is 12.1 Å². The summed E-state index contributed by atoms with van der Waals surface area (Å²) in [6.07, 6.45) is 3.29. The lowest BCUT2D eigenvalue weighted by Gasteiger charge is -2.23. The van der Waals surface area contributed by atoms with Crippen LogP contribution in [0.5, 0.6) is 0 Å². The lowest BCUT2D eigenvalue weighted by atomic mass is 9.98. The molecule has 7 nitrogen and oxygen atoms in total. The first kappa shape index (κ1) is 18.2. The van der Waals surface area contributed by atoms with Crippen molar-refractivity contribution in [3.8, 4) is 11.1 Å². The van der Waals surface area contributed by atoms with Gasteiger partial charge in [-0.2, -0.15) is 5.10 Å². The number of carbonyl (C=O) groups excluding carboxylic acids is 1. The predicted molar refractivity (Wildman–Crippen MR) is 111 cm³/mol. The maximum atomic E-state index is 12.9. The predicted octanol–water partition coefficient (Wildman–Crippen LogP) is 4.11. The van der Waals surface area contributed by atoms with E-state index in [0.717, 1.165) is 35.1 Å². The number of carboxylic acids is 1. The third-order valence-corrected chi connectivity index (χ3v) is 6.49. The Morgan fingerprint density at radius 2 is 1.65 bits per heavy atom. The van der Waals surface area contributed by atoms with Gasteiger partial charge in [0.1, 0.15) is 6.61 Å². The van der Waals surface area contributed by atoms with Crippen LogP contribution in [0.2, 0.25) is 0 Å². The van der Waals surface area contributed by atoms with E-state index in [9.17, 15) is 14.7 Å². The molecule has 31 heavy (non-hydrogen) atoms. The van der Waals surface area contributed by atoms with E-state index in [1.165, 1.54) is 4.90 Å². The maximum Gasteiger partial charge on any atom is 0.411 e. The van der Waals surface area contributed by atoms with Crippen LogP contribution in [0.3, 0.4) is 0 Å². The van der Waals surface area contributed by atoms with E-state index in [1.54, 1.807) is 6.20 Å². The largest absolute Gasteiger partial charge is 0.479 e. The summed E-state index contributed by atoms with van der Waals surface area (Å²) in [5, 5.41) is 14.3. The van der Waals surface area contributed by atoms with Gasteiger partial charge in [-0.3, -0.25) is 9.58 Å². The first-order chi connectivity index (χ1) is 15.1. The highest BCUT2D eigenvalue weighted by Crippen LogP contribution is 2.45. The Morgan fingerprint density at radius 3 is 2.26 bits per heavy atom. The van der Waals surface area contributed by atoms with Gasteiger partial charge in [-0.1, -0.05) is 48.5 Å². The molecule has 1 aromatic heterocycles. The Balaban J connectivity index is 1.22. The SMILES string of the molecule is O=C(O)C1c2cn(C3CC3)nc2CN1C(=O)OCC1c2ccccc2-c2ccccc21. The van der Waals surface area contributed by atoms with Crippen molar-refractivity contribution < 1.29 is 19.4 Å². The molecule has 0 radical (unpaired) electrons. The molecule has 0 spiro atoms. The van der Waals surface area contributed by atoms with Crippen molar-refractivity contribution in [2.75, 3.05) is 6.61 Å². The zero-order valence-electron chi connectivity index (χ0n) is 16.8. The van der Waals surface area contributed by atoms with Crippen LogP contribution in [0, 0.1) is 0 Å². The highest BCUT2D eigenvalue weighted by atomic mass is 16.6. The van der Waals surface area contributed by atoms with Gasteiger partial charge in [0.05, 0.1) is 18.3 Å². The second-order valence-electron chi connectivity index (χ2n) is 8.41. The molecular formula is C24H21N3O4. The number of carbonyl (C=O) groups is 2. The average Bonchev–Trinajstić information content (AvgIpc) is 3.33. The molecule has 7 heteroatoms. The summed E-state index contributed by atoms with van der Waals surface area (Å²) in [5.41, 5.74) is 5.78. The number of carboxylic acid groups (broad SMARTS) is 1. The normalized spacial score (nSPS) is 19.1. The van der Waals surface area contributed by atoms with E-state index in [1.807, 2.05) is 28.9 Å². The molecule has 2 aromatic carbocycles. The van der Waals surface area contributed by atoms with E-state index < -0.39 is 18.1 Å². The zero-order chi connectivity index (χ0) is 21.1. The molecule has 0 saturated heterocycles. The minimum atomic E-state index is -1.07. The van der Waals surface area contributed by atoms with Gasteiger partial charge in [-0.25, -0.2) is 9.59 Å². The zero-order valence-corrected chi connectivity index (χ0v) is 16.8. The molecule has 1 atom stereocenters. The smallest absolute Gasteiger partial charge is 0.411 e. The summed E-state index contributed by atoms with van der Waals surface area (Å²) in [5.74, 6) is -1.13. The molecular weight excluding hydrogens is 394 g/mol. The van der Waals surface area contributed by atoms with E-state index in [2.05, 4.69) is 29.4 Å². The third-order valence-electron chi connectivity index (χ3n) is 6.49. The van der Waals surface area contributed by atoms with E-state index in [0.29, 0.717) is 17.3 Å². The Morgan fingerprint density at radius 1 is 1.00 bits per heavy atom. The fourth-order valence-corrected chi connectivity index (χ4v) is 4.85. The van der Waals surface area contributed by atoms with Crippen molar-refractivity contribution in [2.24, 2.45) is 0 Å². The van der Waals surface area contributed by atoms with Gasteiger partial charge < -0.3 is 9.84 Å². The molecule has 3 aromatic rings. The van der Waals surface area contributed by atoms with Crippen molar-refractivity contribution in [3.05, 3.63) is 77.1 Å². The standard InChI is InChI=1S/C24H21N3O4/c28-23(29)22-19-11-27(14-9-10-14)25-21(19)12-26(22)24(30)31-13-20-17-7-3-1-5-15(17)16-6-2-4-8-18(16)20/h1-8,11,14,20,22H,9-10,12-13H2,(H,28,29). The topological polar surface area (TPSA) is 84.7 Å². The Hall–Kier alpha value is -3.61. The molecule has 1 fully saturated rings. The van der Waals surface area contributed by atoms with Gasteiger partial charge in [-0.05, 0) is 35.1 Å². The molecule has 0 bridgehead atoms. The molecule has 1 amide bonds. The van der Waals surface area contributed by atoms with Gasteiger partial charge in [0.25, 0.3) is 0 Å². The van der Waals surface area contributed by atoms with Crippen LogP contribution in [-0.4, -0.2) is 38.5 Å². The quantitative estimate of drug-likeness (QED) is 0.693. The second-order valence-corrected chi connectivity index (χ2v) is 8.41. The van der Waals surface area contributed by atoms with Crippen LogP contribution in [0.4, 0.5) is 4.79 Å². The molecule has 6 rings (SSSR count). The van der Waals surface area contributed by atoms with Crippen LogP contribution in [0.15, 0.2) is 54.7 Å². The number of hydrogen-bond acceptors (Lipinski definition) is 4. The Kier molecular flexibility index (Phi) is 3.93. The van der Waals surface area contributed by atoms with Crippen molar-refractivity contribution in [3.63, 3.8) is 0 Å². The number of aliphatic carboxylic acids is 1. The Bertz CT molecular complexity index is 1170. The summed E-state index contributed by atoms with van der Waals surface area (Å²) >= 11 is 0. The number of aromatic nitrogens is 2. The number of amides is 1. The van der Waals surface area contributed by atoms with Crippen LogP contribution < -0.4 is 0 Å². The van der Waals surface area contributed by atoms with E-state index >= 15 is 0 Å². The van der Waals surface area contributed by atoms with Crippen LogP contribution >= 0.6 is 0 Å². The first-order valence-corrected chi connectivity index (χ1v) is 10.5. The van der Waals surface area contributed by atoms with Gasteiger partial charge in [0, 0.05) is 17.7 Å². The summed E-state index contributed by atoms with van der Waals surface area (Å²) in [6.45, 7) is 0.318. The molecule has 2 heterocycles. The van der Waals surface area contributed by atoms with Crippen LogP contribution in [-0.2, 0) is 16.1 Å². The molecule has 3 aliphatic rings. The highest BCUT2D eigenvalue weighted by molar-refractivity contribution is 5.83. The number of fused-ring (bicyclic) bond motifs is 4. The second kappa shape index (κ2) is 6.70. The fourth-order valence-electron chi connectivity index (χ4n) is 4.85. The molecule has 156 valence electrons. The monoisotopic (exact) mass is 415 g/mol. The average molecular weight is 415 g/mol. The number of benzene rings is 2. The third kappa shape index (κ3) is 2.84. The van der Waals surface area contributed by atoms with Crippen LogP contribution in [0.25, 0.3) is 11.1 Å². The molecule has 1 N–H and O–H groups in total. The van der Waals surface area contributed by atoms with Gasteiger partial charge >= 0.3 is 12.1 Å². The minimum Gasteiger partial charge on any atom is -0.479 e. The maximum absolute atomic E-state index is 12.9. The van der Waals surface area contributed by atoms with Crippen molar-refractivity contribution in [1.29, 1.82) is 0 Å². The van der Waals surface area contributed by atoms with E-state index in [-0.39, 0.29) is 19.1 Å². The molecule has 1 aliphatic heterocycles. The van der Waals surface area contributed by atoms with E-state index in [4.69, 9.17) is 4.74 Å². The van der Waals surface area contributed by atoms with Gasteiger partial charge in [-0.15, -0.1) is 0 Å². The Labute approximate surface area is 178 Å². The molecule has 1 saturated carbocycles. The molecule has 2 aliphatic carbocycles. The van der Waals surface area contributed by atoms with Crippen molar-refractivity contribution in [1.82, 2.24) is 14.7 Å². The van der Waals surface area contributed by atoms with Gasteiger partial charge in [0.2, 0.25) is 0 Å². The van der Waals surface area contributed by atoms with Gasteiger partial charge in [0.15, 0.2) is 6.04 Å². The number of rotatable bonds is 4. The summed E-state index contributed by atoms with van der Waals surface area (Å²) in [7, 11) is 0. The summed E-state index contributed by atoms with van der Waals surface area (Å²) in [4.78, 5) is 26.2. The minimum absolute atomic E-state index is 0.0661. The number of ether oxygens (including phenoxy) is 1. The fraction of sp³-hybridized carbons (Fsp3) is 0.292. The molecule has 1 unspecified atom stereocenters. The van der Waals surface area contributed by atoms with Crippen molar-refractivity contribution in [2.45, 2.75) is 37.4 Å².